The van der Waals surface area contributed by atoms with Crippen molar-refractivity contribution in [2.45, 2.75) is 51.6 Å². The molecule has 3 nitrogen and oxygen atoms in total. The predicted octanol–water partition coefficient (Wildman–Crippen LogP) is 2.61. The molecular weight excluding hydrogens is 248 g/mol. The minimum absolute atomic E-state index is 0.251. The molecule has 1 N–H and O–H groups in total. The Bertz CT molecular complexity index is 414. The summed E-state index contributed by atoms with van der Waals surface area (Å²) in [7, 11) is 0. The van der Waals surface area contributed by atoms with Crippen LogP contribution in [0, 0.1) is 0 Å². The molecule has 0 spiro atoms. The van der Waals surface area contributed by atoms with Gasteiger partial charge >= 0.3 is 0 Å². The Morgan fingerprint density at radius 1 is 1.35 bits per heavy atom. The van der Waals surface area contributed by atoms with Crippen molar-refractivity contribution in [2.24, 2.45) is 0 Å². The van der Waals surface area contributed by atoms with E-state index >= 15 is 0 Å². The van der Waals surface area contributed by atoms with E-state index in [2.05, 4.69) is 43.4 Å². The van der Waals surface area contributed by atoms with E-state index in [9.17, 15) is 4.79 Å². The van der Waals surface area contributed by atoms with Gasteiger partial charge in [-0.3, -0.25) is 4.79 Å². The third-order valence-electron chi connectivity index (χ3n) is 3.96. The highest BCUT2D eigenvalue weighted by atomic mass is 16.2. The molecule has 2 rings (SSSR count). The number of benzene rings is 1. The van der Waals surface area contributed by atoms with Gasteiger partial charge in [0.2, 0.25) is 5.91 Å². The zero-order valence-corrected chi connectivity index (χ0v) is 12.6. The number of rotatable bonds is 8. The number of nitrogens with one attached hydrogen (secondary N) is 1. The molecule has 0 bridgehead atoms. The fraction of sp³-hybridized carbons (Fsp3) is 0.588. The van der Waals surface area contributed by atoms with E-state index < -0.39 is 0 Å². The Kier molecular flexibility index (Phi) is 5.60. The highest BCUT2D eigenvalue weighted by Crippen LogP contribution is 2.26. The van der Waals surface area contributed by atoms with Gasteiger partial charge in [0.05, 0.1) is 6.54 Å². The Hall–Kier alpha value is -1.35. The molecule has 1 amide bonds. The first-order chi connectivity index (χ1) is 9.70. The van der Waals surface area contributed by atoms with Gasteiger partial charge in [-0.15, -0.1) is 0 Å². The lowest BCUT2D eigenvalue weighted by Crippen LogP contribution is -2.42. The van der Waals surface area contributed by atoms with Gasteiger partial charge in [0.15, 0.2) is 0 Å². The maximum Gasteiger partial charge on any atom is 0.236 e. The van der Waals surface area contributed by atoms with Gasteiger partial charge in [0, 0.05) is 18.6 Å². The molecular formula is C17H26N2O. The van der Waals surface area contributed by atoms with Crippen LogP contribution in [0.1, 0.15) is 38.7 Å². The maximum absolute atomic E-state index is 12.1. The van der Waals surface area contributed by atoms with Crippen molar-refractivity contribution in [3.63, 3.8) is 0 Å². The summed E-state index contributed by atoms with van der Waals surface area (Å²) in [6.45, 7) is 5.53. The fourth-order valence-electron chi connectivity index (χ4n) is 2.52. The van der Waals surface area contributed by atoms with Gasteiger partial charge in [-0.25, -0.2) is 0 Å². The van der Waals surface area contributed by atoms with Crippen LogP contribution in [0.5, 0.6) is 0 Å². The summed E-state index contributed by atoms with van der Waals surface area (Å²) in [4.78, 5) is 14.1. The Morgan fingerprint density at radius 3 is 2.65 bits per heavy atom. The standard InChI is InChI=1S/C17H26N2O/c1-3-19(16-11-12-16)17(20)13-18-14(2)9-10-15-7-5-4-6-8-15/h4-8,14,16,18H,3,9-13H2,1-2H3. The van der Waals surface area contributed by atoms with E-state index in [1.54, 1.807) is 0 Å². The minimum atomic E-state index is 0.251. The van der Waals surface area contributed by atoms with Crippen LogP contribution in [0.15, 0.2) is 30.3 Å². The van der Waals surface area contributed by atoms with Crippen LogP contribution < -0.4 is 5.32 Å². The van der Waals surface area contributed by atoms with E-state index in [0.717, 1.165) is 19.4 Å². The highest BCUT2D eigenvalue weighted by Gasteiger charge is 2.30. The van der Waals surface area contributed by atoms with Gasteiger partial charge in [-0.05, 0) is 45.1 Å². The normalized spacial score (nSPS) is 15.9. The first-order valence-electron chi connectivity index (χ1n) is 7.77. The second-order valence-electron chi connectivity index (χ2n) is 5.72. The lowest BCUT2D eigenvalue weighted by Gasteiger charge is -2.22. The van der Waals surface area contributed by atoms with Crippen LogP contribution in [0.3, 0.4) is 0 Å². The van der Waals surface area contributed by atoms with Crippen LogP contribution in [-0.4, -0.2) is 36.0 Å². The first kappa shape index (κ1) is 15.0. The van der Waals surface area contributed by atoms with Gasteiger partial charge in [0.25, 0.3) is 0 Å². The van der Waals surface area contributed by atoms with Crippen molar-refractivity contribution in [1.29, 1.82) is 0 Å². The number of hydrogen-bond donors (Lipinski definition) is 1. The zero-order valence-electron chi connectivity index (χ0n) is 12.6. The SMILES string of the molecule is CCN(C(=O)CNC(C)CCc1ccccc1)C1CC1. The summed E-state index contributed by atoms with van der Waals surface area (Å²) in [5.74, 6) is 0.251. The highest BCUT2D eigenvalue weighted by molar-refractivity contribution is 5.78. The van der Waals surface area contributed by atoms with Crippen molar-refractivity contribution in [3.05, 3.63) is 35.9 Å². The van der Waals surface area contributed by atoms with E-state index in [1.807, 2.05) is 11.0 Å². The van der Waals surface area contributed by atoms with Crippen molar-refractivity contribution in [3.8, 4) is 0 Å². The zero-order chi connectivity index (χ0) is 14.4. The molecule has 1 aliphatic rings. The van der Waals surface area contributed by atoms with Gasteiger partial charge in [-0.2, -0.15) is 0 Å². The molecule has 1 saturated carbocycles. The molecule has 1 aliphatic carbocycles. The van der Waals surface area contributed by atoms with E-state index in [-0.39, 0.29) is 5.91 Å². The lowest BCUT2D eigenvalue weighted by atomic mass is 10.1. The second-order valence-corrected chi connectivity index (χ2v) is 5.72. The lowest BCUT2D eigenvalue weighted by molar-refractivity contribution is -0.130. The maximum atomic E-state index is 12.1. The number of nitrogens with zero attached hydrogens (tertiary/aromatic N) is 1. The van der Waals surface area contributed by atoms with Crippen LogP contribution in [-0.2, 0) is 11.2 Å². The van der Waals surface area contributed by atoms with Crippen LogP contribution in [0.25, 0.3) is 0 Å². The second kappa shape index (κ2) is 7.44. The third kappa shape index (κ3) is 4.64. The molecule has 110 valence electrons. The molecule has 0 radical (unpaired) electrons. The van der Waals surface area contributed by atoms with Crippen molar-refractivity contribution in [2.75, 3.05) is 13.1 Å². The number of amides is 1. The number of likely N-dealkylation sites (N-methyl/N-ethyl adjacent to an activating group) is 1. The van der Waals surface area contributed by atoms with Crippen LogP contribution >= 0.6 is 0 Å². The molecule has 1 aromatic rings. The predicted molar refractivity (Wildman–Crippen MR) is 82.6 cm³/mol. The Labute approximate surface area is 122 Å². The average Bonchev–Trinajstić information content (AvgIpc) is 3.29. The quantitative estimate of drug-likeness (QED) is 0.790. The molecule has 1 aromatic carbocycles. The van der Waals surface area contributed by atoms with E-state index in [4.69, 9.17) is 0 Å². The number of aryl methyl sites for hydroxylation is 1. The number of hydrogen-bond acceptors (Lipinski definition) is 2. The number of carbonyl (C=O) groups is 1. The van der Waals surface area contributed by atoms with Gasteiger partial charge < -0.3 is 10.2 Å². The van der Waals surface area contributed by atoms with Crippen molar-refractivity contribution < 1.29 is 4.79 Å². The van der Waals surface area contributed by atoms with Crippen LogP contribution in [0.2, 0.25) is 0 Å². The van der Waals surface area contributed by atoms with Crippen molar-refractivity contribution in [1.82, 2.24) is 10.2 Å². The molecule has 0 saturated heterocycles. The molecule has 1 unspecified atom stereocenters. The Balaban J connectivity index is 1.66. The van der Waals surface area contributed by atoms with E-state index in [0.29, 0.717) is 18.6 Å². The van der Waals surface area contributed by atoms with Crippen molar-refractivity contribution >= 4 is 5.91 Å². The largest absolute Gasteiger partial charge is 0.339 e. The van der Waals surface area contributed by atoms with Gasteiger partial charge in [0.1, 0.15) is 0 Å². The molecule has 0 heterocycles. The molecule has 1 atom stereocenters. The summed E-state index contributed by atoms with van der Waals surface area (Å²) in [6, 6.07) is 11.4. The summed E-state index contributed by atoms with van der Waals surface area (Å²) in [5, 5.41) is 3.36. The Morgan fingerprint density at radius 2 is 2.05 bits per heavy atom. The molecule has 3 heteroatoms. The summed E-state index contributed by atoms with van der Waals surface area (Å²) in [6.07, 6.45) is 4.49. The third-order valence-corrected chi connectivity index (χ3v) is 3.96. The number of carbonyl (C=O) groups excluding carboxylic acids is 1. The minimum Gasteiger partial charge on any atom is -0.339 e. The summed E-state index contributed by atoms with van der Waals surface area (Å²) < 4.78 is 0. The monoisotopic (exact) mass is 274 g/mol. The van der Waals surface area contributed by atoms with Crippen LogP contribution in [0.4, 0.5) is 0 Å². The van der Waals surface area contributed by atoms with E-state index in [1.165, 1.54) is 18.4 Å². The molecule has 20 heavy (non-hydrogen) atoms. The fourth-order valence-corrected chi connectivity index (χ4v) is 2.52. The average molecular weight is 274 g/mol. The first-order valence-corrected chi connectivity index (χ1v) is 7.77. The topological polar surface area (TPSA) is 32.3 Å². The molecule has 0 aliphatic heterocycles. The molecule has 1 fully saturated rings. The summed E-state index contributed by atoms with van der Waals surface area (Å²) >= 11 is 0. The smallest absolute Gasteiger partial charge is 0.236 e. The summed E-state index contributed by atoms with van der Waals surface area (Å²) in [5.41, 5.74) is 1.36. The van der Waals surface area contributed by atoms with Gasteiger partial charge in [-0.1, -0.05) is 30.3 Å². The molecule has 0 aromatic heterocycles.